The van der Waals surface area contributed by atoms with E-state index in [0.29, 0.717) is 5.56 Å². The lowest BCUT2D eigenvalue weighted by atomic mass is 9.94. The van der Waals surface area contributed by atoms with Crippen LogP contribution >= 0.6 is 0 Å². The fraction of sp³-hybridized carbons (Fsp3) is 0.455. The third-order valence-corrected chi connectivity index (χ3v) is 2.32. The van der Waals surface area contributed by atoms with Crippen LogP contribution in [0.3, 0.4) is 0 Å². The van der Waals surface area contributed by atoms with Gasteiger partial charge in [0.25, 0.3) is 0 Å². The molecule has 0 saturated carbocycles. The zero-order valence-electron chi connectivity index (χ0n) is 8.44. The van der Waals surface area contributed by atoms with Crippen molar-refractivity contribution < 1.29 is 9.50 Å². The van der Waals surface area contributed by atoms with E-state index in [0.717, 1.165) is 0 Å². The Hall–Kier alpha value is -0.930. The van der Waals surface area contributed by atoms with Gasteiger partial charge in [0.2, 0.25) is 0 Å². The predicted octanol–water partition coefficient (Wildman–Crippen LogP) is 1.84. The summed E-state index contributed by atoms with van der Waals surface area (Å²) in [6.07, 6.45) is -0.716. The molecule has 3 heteroatoms. The molecule has 3 N–H and O–H groups in total. The Morgan fingerprint density at radius 2 is 1.86 bits per heavy atom. The number of nitrogens with two attached hydrogens (primary N) is 1. The fourth-order valence-electron chi connectivity index (χ4n) is 1.34. The van der Waals surface area contributed by atoms with Gasteiger partial charge in [-0.25, -0.2) is 4.39 Å². The van der Waals surface area contributed by atoms with E-state index in [1.54, 1.807) is 18.2 Å². The third-order valence-electron chi connectivity index (χ3n) is 2.32. The number of aliphatic hydroxyl groups excluding tert-OH is 1. The second-order valence-electron chi connectivity index (χ2n) is 3.78. The fourth-order valence-corrected chi connectivity index (χ4v) is 1.34. The lowest BCUT2D eigenvalue weighted by Crippen LogP contribution is -2.31. The number of rotatable bonds is 3. The highest BCUT2D eigenvalue weighted by molar-refractivity contribution is 5.21. The van der Waals surface area contributed by atoms with Crippen molar-refractivity contribution >= 4 is 0 Å². The van der Waals surface area contributed by atoms with Crippen molar-refractivity contribution in [3.8, 4) is 0 Å². The molecule has 0 bridgehead atoms. The van der Waals surface area contributed by atoms with Crippen molar-refractivity contribution in [2.75, 3.05) is 0 Å². The van der Waals surface area contributed by atoms with Crippen LogP contribution in [0.15, 0.2) is 24.3 Å². The van der Waals surface area contributed by atoms with Gasteiger partial charge >= 0.3 is 0 Å². The molecule has 1 aromatic carbocycles. The summed E-state index contributed by atoms with van der Waals surface area (Å²) in [5.74, 6) is -0.343. The minimum atomic E-state index is -0.716. The maximum atomic E-state index is 13.3. The number of benzene rings is 1. The molecule has 0 aliphatic rings. The summed E-state index contributed by atoms with van der Waals surface area (Å²) in [5, 5.41) is 9.68. The van der Waals surface area contributed by atoms with E-state index < -0.39 is 12.1 Å². The summed E-state index contributed by atoms with van der Waals surface area (Å²) in [6.45, 7) is 3.71. The van der Waals surface area contributed by atoms with Crippen LogP contribution in [0.25, 0.3) is 0 Å². The van der Waals surface area contributed by atoms with E-state index in [9.17, 15) is 9.50 Å². The van der Waals surface area contributed by atoms with Crippen LogP contribution in [0.1, 0.15) is 25.5 Å². The quantitative estimate of drug-likeness (QED) is 0.776. The summed E-state index contributed by atoms with van der Waals surface area (Å²) >= 11 is 0. The molecule has 0 aliphatic carbocycles. The highest BCUT2D eigenvalue weighted by atomic mass is 19.1. The van der Waals surface area contributed by atoms with Gasteiger partial charge in [0.05, 0.1) is 12.1 Å². The average Bonchev–Trinajstić information content (AvgIpc) is 2.16. The normalized spacial score (nSPS) is 15.6. The van der Waals surface area contributed by atoms with Crippen LogP contribution in [0.4, 0.5) is 4.39 Å². The molecule has 1 rings (SSSR count). The number of halogens is 1. The molecule has 78 valence electrons. The second kappa shape index (κ2) is 4.53. The summed E-state index contributed by atoms with van der Waals surface area (Å²) in [7, 11) is 0. The minimum absolute atomic E-state index is 0.0182. The first-order valence-corrected chi connectivity index (χ1v) is 4.72. The highest BCUT2D eigenvalue weighted by Gasteiger charge is 2.22. The summed E-state index contributed by atoms with van der Waals surface area (Å²) in [5.41, 5.74) is 6.12. The van der Waals surface area contributed by atoms with Gasteiger partial charge in [-0.05, 0) is 12.0 Å². The van der Waals surface area contributed by atoms with Crippen molar-refractivity contribution in [1.29, 1.82) is 0 Å². The Kier molecular flexibility index (Phi) is 3.61. The molecular weight excluding hydrogens is 181 g/mol. The van der Waals surface area contributed by atoms with Crippen molar-refractivity contribution in [1.82, 2.24) is 0 Å². The first-order chi connectivity index (χ1) is 6.54. The Labute approximate surface area is 83.6 Å². The monoisotopic (exact) mass is 197 g/mol. The first-order valence-electron chi connectivity index (χ1n) is 4.72. The number of aliphatic hydroxyl groups is 1. The van der Waals surface area contributed by atoms with Crippen molar-refractivity contribution in [2.45, 2.75) is 26.0 Å². The van der Waals surface area contributed by atoms with E-state index >= 15 is 0 Å². The van der Waals surface area contributed by atoms with E-state index in [1.165, 1.54) is 6.07 Å². The van der Waals surface area contributed by atoms with E-state index in [2.05, 4.69) is 0 Å². The number of hydrogen-bond acceptors (Lipinski definition) is 2. The molecule has 0 aliphatic heterocycles. The van der Waals surface area contributed by atoms with E-state index in [1.807, 2.05) is 13.8 Å². The second-order valence-corrected chi connectivity index (χ2v) is 3.78. The Balaban J connectivity index is 2.89. The van der Waals surface area contributed by atoms with Gasteiger partial charge in [0.1, 0.15) is 5.82 Å². The Morgan fingerprint density at radius 1 is 1.29 bits per heavy atom. The molecule has 0 aromatic heterocycles. The average molecular weight is 197 g/mol. The van der Waals surface area contributed by atoms with Crippen LogP contribution in [-0.4, -0.2) is 11.2 Å². The van der Waals surface area contributed by atoms with Crippen LogP contribution in [0.2, 0.25) is 0 Å². The van der Waals surface area contributed by atoms with Crippen molar-refractivity contribution in [2.24, 2.45) is 11.7 Å². The molecule has 1 aromatic rings. The van der Waals surface area contributed by atoms with Gasteiger partial charge in [-0.2, -0.15) is 0 Å². The maximum absolute atomic E-state index is 13.3. The van der Waals surface area contributed by atoms with Gasteiger partial charge in [0.15, 0.2) is 0 Å². The first kappa shape index (κ1) is 11.1. The summed E-state index contributed by atoms with van der Waals surface area (Å²) in [4.78, 5) is 0. The summed E-state index contributed by atoms with van der Waals surface area (Å²) in [6, 6.07) is 5.61. The largest absolute Gasteiger partial charge is 0.391 e. The lowest BCUT2D eigenvalue weighted by molar-refractivity contribution is 0.0966. The van der Waals surface area contributed by atoms with Crippen LogP contribution in [0, 0.1) is 11.7 Å². The van der Waals surface area contributed by atoms with Gasteiger partial charge in [-0.15, -0.1) is 0 Å². The molecule has 2 nitrogen and oxygen atoms in total. The lowest BCUT2D eigenvalue weighted by Gasteiger charge is -2.22. The predicted molar refractivity (Wildman–Crippen MR) is 54.2 cm³/mol. The maximum Gasteiger partial charge on any atom is 0.128 e. The van der Waals surface area contributed by atoms with Gasteiger partial charge in [-0.3, -0.25) is 0 Å². The Morgan fingerprint density at radius 3 is 2.36 bits per heavy atom. The van der Waals surface area contributed by atoms with E-state index in [-0.39, 0.29) is 11.7 Å². The zero-order valence-corrected chi connectivity index (χ0v) is 8.44. The molecule has 0 heterocycles. The SMILES string of the molecule is CC(C)C(O)C(N)c1ccccc1F. The van der Waals surface area contributed by atoms with Gasteiger partial charge in [0, 0.05) is 5.56 Å². The highest BCUT2D eigenvalue weighted by Crippen LogP contribution is 2.21. The van der Waals surface area contributed by atoms with E-state index in [4.69, 9.17) is 5.73 Å². The standard InChI is InChI=1S/C11H16FNO/c1-7(2)11(14)10(13)8-5-3-4-6-9(8)12/h3-7,10-11,14H,13H2,1-2H3. The van der Waals surface area contributed by atoms with Gasteiger partial charge in [-0.1, -0.05) is 32.0 Å². The van der Waals surface area contributed by atoms with Crippen LogP contribution in [0.5, 0.6) is 0 Å². The molecule has 0 fully saturated rings. The molecule has 14 heavy (non-hydrogen) atoms. The topological polar surface area (TPSA) is 46.2 Å². The molecule has 2 atom stereocenters. The Bertz CT molecular complexity index is 301. The smallest absolute Gasteiger partial charge is 0.128 e. The van der Waals surface area contributed by atoms with Crippen LogP contribution in [-0.2, 0) is 0 Å². The van der Waals surface area contributed by atoms with Crippen molar-refractivity contribution in [3.05, 3.63) is 35.6 Å². The van der Waals surface area contributed by atoms with Gasteiger partial charge < -0.3 is 10.8 Å². The molecular formula is C11H16FNO. The van der Waals surface area contributed by atoms with Crippen LogP contribution < -0.4 is 5.73 Å². The molecule has 0 amide bonds. The molecule has 0 spiro atoms. The van der Waals surface area contributed by atoms with Crippen molar-refractivity contribution in [3.63, 3.8) is 0 Å². The third kappa shape index (κ3) is 2.30. The zero-order chi connectivity index (χ0) is 10.7. The molecule has 0 saturated heterocycles. The molecule has 2 unspecified atom stereocenters. The number of hydrogen-bond donors (Lipinski definition) is 2. The molecule has 0 radical (unpaired) electrons. The summed E-state index contributed by atoms with van der Waals surface area (Å²) < 4.78 is 13.3. The minimum Gasteiger partial charge on any atom is -0.391 e.